The van der Waals surface area contributed by atoms with E-state index in [9.17, 15) is 14.4 Å². The fourth-order valence-electron chi connectivity index (χ4n) is 4.28. The van der Waals surface area contributed by atoms with E-state index >= 15 is 0 Å². The standard InChI is InChI=1S/C25H22INO7/c1-12-19(25(30)33-4)20(21-22(27-12)14-7-5-6-8-15(14)23(21)29)13-9-16(26)24(17(10-13)31-2)34-11-18(28)32-3/h5-10,20,27H,11H2,1-4H3/t20-/m0/s1. The molecule has 0 amide bonds. The Morgan fingerprint density at radius 2 is 1.76 bits per heavy atom. The van der Waals surface area contributed by atoms with E-state index < -0.39 is 17.9 Å². The minimum Gasteiger partial charge on any atom is -0.493 e. The highest BCUT2D eigenvalue weighted by atomic mass is 127. The van der Waals surface area contributed by atoms with E-state index in [0.717, 1.165) is 5.56 Å². The first-order valence-corrected chi connectivity index (χ1v) is 11.4. The number of ether oxygens (including phenoxy) is 4. The lowest BCUT2D eigenvalue weighted by Gasteiger charge is -2.29. The molecule has 176 valence electrons. The highest BCUT2D eigenvalue weighted by molar-refractivity contribution is 14.1. The van der Waals surface area contributed by atoms with Crippen molar-refractivity contribution in [3.05, 3.63) is 73.5 Å². The van der Waals surface area contributed by atoms with Gasteiger partial charge in [0.2, 0.25) is 0 Å². The van der Waals surface area contributed by atoms with Crippen molar-refractivity contribution in [2.24, 2.45) is 0 Å². The molecule has 1 aliphatic carbocycles. The molecule has 8 nitrogen and oxygen atoms in total. The average Bonchev–Trinajstić information content (AvgIpc) is 3.12. The molecule has 2 aromatic carbocycles. The molecule has 0 bridgehead atoms. The van der Waals surface area contributed by atoms with Crippen molar-refractivity contribution in [2.75, 3.05) is 27.9 Å². The van der Waals surface area contributed by atoms with Crippen molar-refractivity contribution in [3.63, 3.8) is 0 Å². The Morgan fingerprint density at radius 3 is 2.41 bits per heavy atom. The third-order valence-corrected chi connectivity index (χ3v) is 6.60. The van der Waals surface area contributed by atoms with Gasteiger partial charge in [0.25, 0.3) is 0 Å². The summed E-state index contributed by atoms with van der Waals surface area (Å²) in [7, 11) is 4.06. The number of fused-ring (bicyclic) bond motifs is 2. The molecule has 9 heteroatoms. The van der Waals surface area contributed by atoms with Gasteiger partial charge in [-0.3, -0.25) is 4.79 Å². The van der Waals surface area contributed by atoms with Crippen LogP contribution in [0.25, 0.3) is 5.70 Å². The molecular formula is C25H22INO7. The molecule has 0 aromatic heterocycles. The van der Waals surface area contributed by atoms with Crippen molar-refractivity contribution in [2.45, 2.75) is 12.8 Å². The lowest BCUT2D eigenvalue weighted by molar-refractivity contribution is -0.143. The number of hydrogen-bond donors (Lipinski definition) is 1. The van der Waals surface area contributed by atoms with Crippen LogP contribution in [-0.4, -0.2) is 45.7 Å². The summed E-state index contributed by atoms with van der Waals surface area (Å²) in [5, 5.41) is 3.25. The maximum atomic E-state index is 13.5. The highest BCUT2D eigenvalue weighted by Gasteiger charge is 2.43. The van der Waals surface area contributed by atoms with Gasteiger partial charge in [0.1, 0.15) is 0 Å². The molecule has 4 rings (SSSR count). The van der Waals surface area contributed by atoms with E-state index in [1.54, 1.807) is 19.1 Å². The number of nitrogens with one attached hydrogen (secondary N) is 1. The number of ketones is 1. The summed E-state index contributed by atoms with van der Waals surface area (Å²) in [6.07, 6.45) is 0. The van der Waals surface area contributed by atoms with Gasteiger partial charge in [0, 0.05) is 28.3 Å². The van der Waals surface area contributed by atoms with Gasteiger partial charge >= 0.3 is 11.9 Å². The van der Waals surface area contributed by atoms with Crippen molar-refractivity contribution in [1.82, 2.24) is 5.32 Å². The van der Waals surface area contributed by atoms with Gasteiger partial charge in [-0.1, -0.05) is 24.3 Å². The molecule has 0 spiro atoms. The van der Waals surface area contributed by atoms with Crippen molar-refractivity contribution in [3.8, 4) is 11.5 Å². The van der Waals surface area contributed by atoms with Crippen LogP contribution in [-0.2, 0) is 19.1 Å². The van der Waals surface area contributed by atoms with Crippen LogP contribution in [0.4, 0.5) is 0 Å². The SMILES string of the molecule is COC(=O)COc1c(I)cc([C@H]2C(C(=O)OC)=C(C)NC3=C2C(=O)c2ccccc23)cc1OC. The fourth-order valence-corrected chi connectivity index (χ4v) is 5.06. The zero-order chi connectivity index (χ0) is 24.6. The van der Waals surface area contributed by atoms with Gasteiger partial charge in [-0.2, -0.15) is 0 Å². The number of rotatable bonds is 6. The zero-order valence-corrected chi connectivity index (χ0v) is 21.1. The van der Waals surface area contributed by atoms with E-state index in [0.29, 0.717) is 48.7 Å². The normalized spacial score (nSPS) is 16.5. The molecule has 1 atom stereocenters. The second kappa shape index (κ2) is 9.49. The van der Waals surface area contributed by atoms with Crippen LogP contribution >= 0.6 is 22.6 Å². The minimum absolute atomic E-state index is 0.156. The third kappa shape index (κ3) is 3.93. The Kier molecular flexibility index (Phi) is 6.65. The maximum absolute atomic E-state index is 13.5. The van der Waals surface area contributed by atoms with Gasteiger partial charge < -0.3 is 24.3 Å². The van der Waals surface area contributed by atoms with Crippen LogP contribution in [0.15, 0.2) is 53.2 Å². The van der Waals surface area contributed by atoms with Gasteiger partial charge in [-0.15, -0.1) is 0 Å². The number of carbonyl (C=O) groups is 3. The summed E-state index contributed by atoms with van der Waals surface area (Å²) in [4.78, 5) is 38.0. The molecule has 0 unspecified atom stereocenters. The van der Waals surface area contributed by atoms with Crippen LogP contribution in [0.5, 0.6) is 11.5 Å². The minimum atomic E-state index is -0.694. The second-order valence-electron chi connectivity index (χ2n) is 7.65. The fraction of sp³-hybridized carbons (Fsp3) is 0.240. The molecule has 2 aliphatic rings. The Balaban J connectivity index is 1.88. The summed E-state index contributed by atoms with van der Waals surface area (Å²) in [6.45, 7) is 1.50. The molecule has 0 fully saturated rings. The topological polar surface area (TPSA) is 100 Å². The number of allylic oxidation sites excluding steroid dienone is 2. The smallest absolute Gasteiger partial charge is 0.343 e. The van der Waals surface area contributed by atoms with E-state index in [4.69, 9.17) is 14.2 Å². The van der Waals surface area contributed by atoms with Crippen LogP contribution in [0.2, 0.25) is 0 Å². The maximum Gasteiger partial charge on any atom is 0.343 e. The van der Waals surface area contributed by atoms with Crippen LogP contribution in [0.1, 0.15) is 34.3 Å². The van der Waals surface area contributed by atoms with Gasteiger partial charge in [0.15, 0.2) is 23.9 Å². The first-order valence-electron chi connectivity index (χ1n) is 10.3. The summed E-state index contributed by atoms with van der Waals surface area (Å²) in [6, 6.07) is 10.9. The molecule has 1 N–H and O–H groups in total. The third-order valence-electron chi connectivity index (χ3n) is 5.80. The van der Waals surface area contributed by atoms with E-state index in [-0.39, 0.29) is 12.4 Å². The molecule has 1 heterocycles. The van der Waals surface area contributed by atoms with Gasteiger partial charge in [-0.25, -0.2) is 9.59 Å². The number of dihydropyridines is 1. The number of benzene rings is 2. The van der Waals surface area contributed by atoms with E-state index in [1.807, 2.05) is 24.3 Å². The van der Waals surface area contributed by atoms with Crippen LogP contribution in [0.3, 0.4) is 0 Å². The Hall–Kier alpha value is -3.34. The van der Waals surface area contributed by atoms with Crippen molar-refractivity contribution >= 4 is 46.0 Å². The van der Waals surface area contributed by atoms with Gasteiger partial charge in [-0.05, 0) is 47.2 Å². The van der Waals surface area contributed by atoms with Crippen molar-refractivity contribution < 1.29 is 33.3 Å². The lowest BCUT2D eigenvalue weighted by atomic mass is 9.79. The summed E-state index contributed by atoms with van der Waals surface area (Å²) in [5.74, 6) is -1.20. The lowest BCUT2D eigenvalue weighted by Crippen LogP contribution is -2.29. The molecular weight excluding hydrogens is 553 g/mol. The number of esters is 2. The predicted octanol–water partition coefficient (Wildman–Crippen LogP) is 3.59. The van der Waals surface area contributed by atoms with Crippen molar-refractivity contribution in [1.29, 1.82) is 0 Å². The highest BCUT2D eigenvalue weighted by Crippen LogP contribution is 2.48. The monoisotopic (exact) mass is 575 g/mol. The first-order chi connectivity index (χ1) is 16.3. The molecule has 1 aliphatic heterocycles. The molecule has 2 aromatic rings. The predicted molar refractivity (Wildman–Crippen MR) is 132 cm³/mol. The average molecular weight is 575 g/mol. The Bertz CT molecular complexity index is 1280. The summed E-state index contributed by atoms with van der Waals surface area (Å²) >= 11 is 2.07. The Labute approximate surface area is 210 Å². The van der Waals surface area contributed by atoms with Crippen LogP contribution in [0, 0.1) is 3.57 Å². The quantitative estimate of drug-likeness (QED) is 0.412. The molecule has 34 heavy (non-hydrogen) atoms. The van der Waals surface area contributed by atoms with Gasteiger partial charge in [0.05, 0.1) is 36.2 Å². The Morgan fingerprint density at radius 1 is 1.06 bits per heavy atom. The summed E-state index contributed by atoms with van der Waals surface area (Å²) < 4.78 is 21.5. The summed E-state index contributed by atoms with van der Waals surface area (Å²) in [5.41, 5.74) is 4.09. The number of methoxy groups -OCH3 is 3. The van der Waals surface area contributed by atoms with E-state index in [2.05, 4.69) is 32.6 Å². The first kappa shape index (κ1) is 23.8. The number of Topliss-reactive ketones (excluding diaryl/α,β-unsaturated/α-hetero) is 1. The molecule has 0 radical (unpaired) electrons. The number of carbonyl (C=O) groups excluding carboxylic acids is 3. The number of hydrogen-bond acceptors (Lipinski definition) is 8. The second-order valence-corrected chi connectivity index (χ2v) is 8.81. The largest absolute Gasteiger partial charge is 0.493 e. The zero-order valence-electron chi connectivity index (χ0n) is 19.0. The van der Waals surface area contributed by atoms with E-state index in [1.165, 1.54) is 21.3 Å². The van der Waals surface area contributed by atoms with Crippen LogP contribution < -0.4 is 14.8 Å². The molecule has 0 saturated carbocycles. The number of halogens is 1. The molecule has 0 saturated heterocycles.